The third-order valence-electron chi connectivity index (χ3n) is 3.57. The van der Waals surface area contributed by atoms with Gasteiger partial charge < -0.3 is 4.40 Å². The summed E-state index contributed by atoms with van der Waals surface area (Å²) in [6, 6.07) is 12.7. The molecular weight excluding hydrogens is 268 g/mol. The third kappa shape index (κ3) is 2.44. The number of aryl methyl sites for hydroxylation is 2. The van der Waals surface area contributed by atoms with Crippen molar-refractivity contribution in [3.63, 3.8) is 0 Å². The Morgan fingerprint density at radius 2 is 1.70 bits per heavy atom. The van der Waals surface area contributed by atoms with E-state index in [1.807, 2.05) is 6.07 Å². The Kier molecular flexibility index (Phi) is 3.49. The predicted octanol–water partition coefficient (Wildman–Crippen LogP) is 4.28. The minimum atomic E-state index is 0.478. The average Bonchev–Trinajstić information content (AvgIpc) is 2.78. The number of rotatable bonds is 3. The molecule has 0 N–H and O–H groups in total. The quantitative estimate of drug-likeness (QED) is 0.656. The molecule has 0 aliphatic carbocycles. The summed E-state index contributed by atoms with van der Waals surface area (Å²) >= 11 is 6.14. The first kappa shape index (κ1) is 13.2. The van der Waals surface area contributed by atoms with Crippen LogP contribution in [-0.4, -0.2) is 9.38 Å². The minimum absolute atomic E-state index is 0.478. The van der Waals surface area contributed by atoms with E-state index in [2.05, 4.69) is 54.8 Å². The average molecular weight is 285 g/mol. The first-order chi connectivity index (χ1) is 9.67. The molecule has 0 fully saturated rings. The monoisotopic (exact) mass is 284 g/mol. The molecule has 3 aromatic rings. The Bertz CT molecular complexity index is 742. The van der Waals surface area contributed by atoms with Crippen LogP contribution in [0.25, 0.3) is 5.65 Å². The van der Waals surface area contributed by atoms with E-state index in [4.69, 9.17) is 16.6 Å². The van der Waals surface area contributed by atoms with Gasteiger partial charge in [0.2, 0.25) is 0 Å². The van der Waals surface area contributed by atoms with Gasteiger partial charge in [-0.05, 0) is 31.0 Å². The van der Waals surface area contributed by atoms with E-state index in [1.54, 1.807) is 0 Å². The molecule has 1 aromatic carbocycles. The van der Waals surface area contributed by atoms with Crippen LogP contribution in [0.1, 0.15) is 28.1 Å². The maximum atomic E-state index is 6.14. The molecule has 0 radical (unpaired) electrons. The normalized spacial score (nSPS) is 11.2. The Morgan fingerprint density at radius 1 is 1.00 bits per heavy atom. The predicted molar refractivity (Wildman–Crippen MR) is 83.5 cm³/mol. The smallest absolute Gasteiger partial charge is 0.137 e. The second-order valence-corrected chi connectivity index (χ2v) is 5.50. The lowest BCUT2D eigenvalue weighted by molar-refractivity contribution is 1.02. The molecule has 3 heteroatoms. The fourth-order valence-electron chi connectivity index (χ4n) is 2.43. The lowest BCUT2D eigenvalue weighted by Crippen LogP contribution is -1.96. The van der Waals surface area contributed by atoms with Gasteiger partial charge in [0, 0.05) is 12.6 Å². The highest BCUT2D eigenvalue weighted by molar-refractivity contribution is 6.17. The molecule has 2 aromatic heterocycles. The number of alkyl halides is 1. The van der Waals surface area contributed by atoms with Crippen LogP contribution < -0.4 is 0 Å². The number of fused-ring (bicyclic) bond motifs is 1. The first-order valence-corrected chi connectivity index (χ1v) is 7.29. The van der Waals surface area contributed by atoms with Gasteiger partial charge in [0.1, 0.15) is 5.65 Å². The fraction of sp³-hybridized carbons (Fsp3) is 0.235. The molecule has 2 nitrogen and oxygen atoms in total. The molecule has 0 saturated heterocycles. The zero-order valence-electron chi connectivity index (χ0n) is 11.7. The Labute approximate surface area is 124 Å². The lowest BCUT2D eigenvalue weighted by Gasteiger charge is -2.03. The standard InChI is InChI=1S/C17H17ClN2/c1-12-3-6-14(7-4-12)9-15-16(10-18)20-11-13(2)5-8-17(20)19-15/h3-8,11H,9-10H2,1-2H3. The van der Waals surface area contributed by atoms with E-state index in [-0.39, 0.29) is 0 Å². The van der Waals surface area contributed by atoms with Gasteiger partial charge in [0.25, 0.3) is 0 Å². The third-order valence-corrected chi connectivity index (χ3v) is 3.82. The summed E-state index contributed by atoms with van der Waals surface area (Å²) in [6.45, 7) is 4.18. The number of nitrogens with zero attached hydrogens (tertiary/aromatic N) is 2. The minimum Gasteiger partial charge on any atom is -0.302 e. The molecule has 0 spiro atoms. The Balaban J connectivity index is 2.04. The number of pyridine rings is 1. The summed E-state index contributed by atoms with van der Waals surface area (Å²) in [5.41, 5.74) is 6.87. The SMILES string of the molecule is Cc1ccc(Cc2nc3ccc(C)cn3c2CCl)cc1. The second-order valence-electron chi connectivity index (χ2n) is 5.24. The maximum absolute atomic E-state index is 6.14. The molecule has 0 unspecified atom stereocenters. The van der Waals surface area contributed by atoms with Crippen molar-refractivity contribution in [2.45, 2.75) is 26.1 Å². The molecule has 0 aliphatic heterocycles. The highest BCUT2D eigenvalue weighted by Crippen LogP contribution is 2.19. The van der Waals surface area contributed by atoms with Gasteiger partial charge in [-0.25, -0.2) is 4.98 Å². The van der Waals surface area contributed by atoms with Gasteiger partial charge >= 0.3 is 0 Å². The molecule has 0 aliphatic rings. The maximum Gasteiger partial charge on any atom is 0.137 e. The van der Waals surface area contributed by atoms with Crippen molar-refractivity contribution >= 4 is 17.2 Å². The van der Waals surface area contributed by atoms with E-state index in [1.165, 1.54) is 16.7 Å². The summed E-state index contributed by atoms with van der Waals surface area (Å²) in [5, 5.41) is 0. The lowest BCUT2D eigenvalue weighted by atomic mass is 10.1. The van der Waals surface area contributed by atoms with Crippen LogP contribution >= 0.6 is 11.6 Å². The van der Waals surface area contributed by atoms with Crippen LogP contribution in [-0.2, 0) is 12.3 Å². The van der Waals surface area contributed by atoms with E-state index >= 15 is 0 Å². The van der Waals surface area contributed by atoms with Crippen molar-refractivity contribution in [1.29, 1.82) is 0 Å². The van der Waals surface area contributed by atoms with Crippen LogP contribution in [0.2, 0.25) is 0 Å². The molecule has 102 valence electrons. The van der Waals surface area contributed by atoms with Gasteiger partial charge in [-0.1, -0.05) is 35.9 Å². The molecular formula is C17H17ClN2. The first-order valence-electron chi connectivity index (χ1n) is 6.75. The van der Waals surface area contributed by atoms with E-state index in [9.17, 15) is 0 Å². The summed E-state index contributed by atoms with van der Waals surface area (Å²) < 4.78 is 2.10. The van der Waals surface area contributed by atoms with Crippen molar-refractivity contribution < 1.29 is 0 Å². The van der Waals surface area contributed by atoms with E-state index in [0.29, 0.717) is 5.88 Å². The number of hydrogen-bond donors (Lipinski definition) is 0. The summed E-state index contributed by atoms with van der Waals surface area (Å²) in [4.78, 5) is 4.72. The van der Waals surface area contributed by atoms with Crippen LogP contribution in [0.15, 0.2) is 42.6 Å². The summed E-state index contributed by atoms with van der Waals surface area (Å²) in [7, 11) is 0. The number of hydrogen-bond acceptors (Lipinski definition) is 1. The topological polar surface area (TPSA) is 17.3 Å². The van der Waals surface area contributed by atoms with Crippen LogP contribution in [0.4, 0.5) is 0 Å². The fourth-order valence-corrected chi connectivity index (χ4v) is 2.71. The van der Waals surface area contributed by atoms with Gasteiger partial charge in [-0.2, -0.15) is 0 Å². The molecule has 0 amide bonds. The Morgan fingerprint density at radius 3 is 2.40 bits per heavy atom. The molecule has 20 heavy (non-hydrogen) atoms. The van der Waals surface area contributed by atoms with Gasteiger partial charge in [-0.3, -0.25) is 0 Å². The number of imidazole rings is 1. The number of aromatic nitrogens is 2. The van der Waals surface area contributed by atoms with Crippen molar-refractivity contribution in [3.8, 4) is 0 Å². The number of halogens is 1. The van der Waals surface area contributed by atoms with Crippen molar-refractivity contribution in [2.75, 3.05) is 0 Å². The van der Waals surface area contributed by atoms with Crippen LogP contribution in [0, 0.1) is 13.8 Å². The highest BCUT2D eigenvalue weighted by Gasteiger charge is 2.11. The molecule has 0 bridgehead atoms. The molecule has 0 saturated carbocycles. The molecule has 3 rings (SSSR count). The Hall–Kier alpha value is -1.80. The largest absolute Gasteiger partial charge is 0.302 e. The number of benzene rings is 1. The van der Waals surface area contributed by atoms with Crippen LogP contribution in [0.5, 0.6) is 0 Å². The van der Waals surface area contributed by atoms with Crippen LogP contribution in [0.3, 0.4) is 0 Å². The second kappa shape index (κ2) is 5.29. The zero-order chi connectivity index (χ0) is 14.1. The van der Waals surface area contributed by atoms with Crippen molar-refractivity contribution in [3.05, 3.63) is 70.7 Å². The van der Waals surface area contributed by atoms with E-state index < -0.39 is 0 Å². The molecule has 2 heterocycles. The zero-order valence-corrected chi connectivity index (χ0v) is 12.5. The van der Waals surface area contributed by atoms with E-state index in [0.717, 1.165) is 23.5 Å². The van der Waals surface area contributed by atoms with Crippen molar-refractivity contribution in [1.82, 2.24) is 9.38 Å². The van der Waals surface area contributed by atoms with Gasteiger partial charge in [0.05, 0.1) is 17.3 Å². The highest BCUT2D eigenvalue weighted by atomic mass is 35.5. The summed E-state index contributed by atoms with van der Waals surface area (Å²) in [6.07, 6.45) is 2.92. The van der Waals surface area contributed by atoms with Gasteiger partial charge in [-0.15, -0.1) is 11.6 Å². The van der Waals surface area contributed by atoms with Crippen molar-refractivity contribution in [2.24, 2.45) is 0 Å². The summed E-state index contributed by atoms with van der Waals surface area (Å²) in [5.74, 6) is 0.478. The molecule has 0 atom stereocenters. The van der Waals surface area contributed by atoms with Gasteiger partial charge in [0.15, 0.2) is 0 Å².